The molecule has 3 amide bonds. The van der Waals surface area contributed by atoms with Gasteiger partial charge in [0.05, 0.1) is 6.04 Å². The molecule has 1 fully saturated rings. The van der Waals surface area contributed by atoms with Gasteiger partial charge in [-0.15, -0.1) is 0 Å². The number of rotatable bonds is 4. The minimum atomic E-state index is -1.54. The van der Waals surface area contributed by atoms with Gasteiger partial charge in [0.2, 0.25) is 5.91 Å². The highest BCUT2D eigenvalue weighted by molar-refractivity contribution is 5.88. The van der Waals surface area contributed by atoms with Gasteiger partial charge in [-0.2, -0.15) is 0 Å². The van der Waals surface area contributed by atoms with E-state index >= 15 is 0 Å². The van der Waals surface area contributed by atoms with Gasteiger partial charge in [-0.25, -0.2) is 9.59 Å². The number of amides is 3. The first-order valence-corrected chi connectivity index (χ1v) is 6.56. The molecule has 1 aromatic rings. The second-order valence-electron chi connectivity index (χ2n) is 5.10. The monoisotopic (exact) mass is 291 g/mol. The number of carboxylic acids is 1. The molecule has 21 heavy (non-hydrogen) atoms. The van der Waals surface area contributed by atoms with Crippen LogP contribution >= 0.6 is 0 Å². The lowest BCUT2D eigenvalue weighted by molar-refractivity contribution is -0.144. The van der Waals surface area contributed by atoms with E-state index in [0.717, 1.165) is 0 Å². The number of carbonyl (C=O) groups is 3. The van der Waals surface area contributed by atoms with Crippen LogP contribution in [0.3, 0.4) is 0 Å². The number of hydrogen-bond acceptors (Lipinski definition) is 3. The van der Waals surface area contributed by atoms with Gasteiger partial charge in [0.1, 0.15) is 0 Å². The minimum absolute atomic E-state index is 0.135. The molecule has 1 saturated heterocycles. The summed E-state index contributed by atoms with van der Waals surface area (Å²) < 4.78 is 0. The fourth-order valence-corrected chi connectivity index (χ4v) is 2.18. The van der Waals surface area contributed by atoms with Crippen molar-refractivity contribution in [2.75, 3.05) is 6.54 Å². The van der Waals surface area contributed by atoms with E-state index in [9.17, 15) is 19.5 Å². The largest absolute Gasteiger partial charge is 0.479 e. The molecule has 1 aliphatic heterocycles. The highest BCUT2D eigenvalue weighted by Crippen LogP contribution is 2.20. The maximum atomic E-state index is 12.0. The third kappa shape index (κ3) is 3.31. The molecule has 7 nitrogen and oxygen atoms in total. The fraction of sp³-hybridized carbons (Fsp3) is 0.357. The van der Waals surface area contributed by atoms with Crippen molar-refractivity contribution in [1.82, 2.24) is 16.0 Å². The van der Waals surface area contributed by atoms with E-state index in [1.54, 1.807) is 30.3 Å². The van der Waals surface area contributed by atoms with Crippen molar-refractivity contribution in [2.24, 2.45) is 0 Å². The van der Waals surface area contributed by atoms with Crippen LogP contribution in [-0.2, 0) is 15.1 Å². The molecule has 1 aliphatic rings. The normalized spacial score (nSPS) is 20.2. The van der Waals surface area contributed by atoms with Crippen LogP contribution in [0.5, 0.6) is 0 Å². The highest BCUT2D eigenvalue weighted by atomic mass is 16.4. The lowest BCUT2D eigenvalue weighted by atomic mass is 9.92. The van der Waals surface area contributed by atoms with Gasteiger partial charge in [0.25, 0.3) is 0 Å². The zero-order valence-electron chi connectivity index (χ0n) is 11.6. The summed E-state index contributed by atoms with van der Waals surface area (Å²) in [4.78, 5) is 34.6. The summed E-state index contributed by atoms with van der Waals surface area (Å²) in [5.41, 5.74) is -1.07. The molecule has 0 radical (unpaired) electrons. The maximum absolute atomic E-state index is 12.0. The molecule has 0 aliphatic carbocycles. The summed E-state index contributed by atoms with van der Waals surface area (Å²) in [7, 11) is 0. The van der Waals surface area contributed by atoms with Crippen LogP contribution in [0.15, 0.2) is 30.3 Å². The average Bonchev–Trinajstić information content (AvgIpc) is 2.84. The molecule has 0 bridgehead atoms. The Hall–Kier alpha value is -2.57. The Labute approximate surface area is 121 Å². The summed E-state index contributed by atoms with van der Waals surface area (Å²) in [6.07, 6.45) is 0.197. The fourth-order valence-electron chi connectivity index (χ4n) is 2.18. The van der Waals surface area contributed by atoms with E-state index in [4.69, 9.17) is 0 Å². The summed E-state index contributed by atoms with van der Waals surface area (Å²) in [5, 5.41) is 17.1. The number of carboxylic acid groups (broad SMARTS) is 1. The van der Waals surface area contributed by atoms with Gasteiger partial charge < -0.3 is 21.1 Å². The van der Waals surface area contributed by atoms with E-state index in [1.165, 1.54) is 6.92 Å². The van der Waals surface area contributed by atoms with Gasteiger partial charge in [-0.05, 0) is 12.5 Å². The van der Waals surface area contributed by atoms with Crippen LogP contribution < -0.4 is 16.0 Å². The Morgan fingerprint density at radius 2 is 2.00 bits per heavy atom. The molecule has 0 aromatic heterocycles. The van der Waals surface area contributed by atoms with E-state index in [0.29, 0.717) is 12.1 Å². The molecular weight excluding hydrogens is 274 g/mol. The topological polar surface area (TPSA) is 108 Å². The molecule has 2 rings (SSSR count). The smallest absolute Gasteiger partial charge is 0.333 e. The predicted molar refractivity (Wildman–Crippen MR) is 74.5 cm³/mol. The zero-order valence-corrected chi connectivity index (χ0v) is 11.6. The number of hydrogen-bond donors (Lipinski definition) is 4. The average molecular weight is 291 g/mol. The van der Waals surface area contributed by atoms with Crippen molar-refractivity contribution in [2.45, 2.75) is 24.9 Å². The lowest BCUT2D eigenvalue weighted by Crippen LogP contribution is -2.54. The molecule has 2 atom stereocenters. The first-order chi connectivity index (χ1) is 9.91. The number of carbonyl (C=O) groups excluding carboxylic acids is 2. The van der Waals surface area contributed by atoms with Crippen LogP contribution in [0, 0.1) is 0 Å². The van der Waals surface area contributed by atoms with Crippen molar-refractivity contribution in [3.05, 3.63) is 35.9 Å². The van der Waals surface area contributed by atoms with E-state index < -0.39 is 17.5 Å². The molecule has 2 unspecified atom stereocenters. The van der Waals surface area contributed by atoms with Gasteiger partial charge in [-0.3, -0.25) is 4.79 Å². The third-order valence-corrected chi connectivity index (χ3v) is 3.46. The van der Waals surface area contributed by atoms with Crippen LogP contribution in [-0.4, -0.2) is 35.6 Å². The van der Waals surface area contributed by atoms with E-state index in [2.05, 4.69) is 16.0 Å². The number of aliphatic carboxylic acids is 1. The van der Waals surface area contributed by atoms with Crippen molar-refractivity contribution < 1.29 is 19.5 Å². The molecule has 4 N–H and O–H groups in total. The first kappa shape index (κ1) is 14.8. The van der Waals surface area contributed by atoms with Crippen LogP contribution in [0.4, 0.5) is 4.79 Å². The Kier molecular flexibility index (Phi) is 4.11. The Bertz CT molecular complexity index is 561. The second kappa shape index (κ2) is 5.82. The minimum Gasteiger partial charge on any atom is -0.479 e. The molecule has 1 heterocycles. The van der Waals surface area contributed by atoms with Crippen LogP contribution in [0.2, 0.25) is 0 Å². The zero-order chi connectivity index (χ0) is 15.5. The number of nitrogens with one attached hydrogen (secondary N) is 3. The standard InChI is InChI=1S/C14H17N3O4/c1-14(12(19)20,9-5-3-2-4-6-9)17-13(21)16-10-7-11(18)15-8-10/h2-6,10H,7-8H2,1H3,(H,15,18)(H,19,20)(H2,16,17,21). The van der Waals surface area contributed by atoms with Crippen molar-refractivity contribution in [3.63, 3.8) is 0 Å². The predicted octanol–water partition coefficient (Wildman–Crippen LogP) is 0.174. The SMILES string of the molecule is CC(NC(=O)NC1CNC(=O)C1)(C(=O)O)c1ccccc1. The second-order valence-corrected chi connectivity index (χ2v) is 5.10. The molecular formula is C14H17N3O4. The van der Waals surface area contributed by atoms with Gasteiger partial charge >= 0.3 is 12.0 Å². The Balaban J connectivity index is 2.08. The lowest BCUT2D eigenvalue weighted by Gasteiger charge is -2.27. The summed E-state index contributed by atoms with van der Waals surface area (Å²) in [6, 6.07) is 7.49. The summed E-state index contributed by atoms with van der Waals surface area (Å²) in [5.74, 6) is -1.30. The van der Waals surface area contributed by atoms with Gasteiger partial charge in [0.15, 0.2) is 5.54 Å². The molecule has 112 valence electrons. The maximum Gasteiger partial charge on any atom is 0.333 e. The third-order valence-electron chi connectivity index (χ3n) is 3.46. The highest BCUT2D eigenvalue weighted by Gasteiger charge is 2.37. The number of urea groups is 1. The van der Waals surface area contributed by atoms with Gasteiger partial charge in [0, 0.05) is 13.0 Å². The van der Waals surface area contributed by atoms with Gasteiger partial charge in [-0.1, -0.05) is 30.3 Å². The molecule has 7 heteroatoms. The van der Waals surface area contributed by atoms with Crippen LogP contribution in [0.1, 0.15) is 18.9 Å². The first-order valence-electron chi connectivity index (χ1n) is 6.56. The van der Waals surface area contributed by atoms with Crippen molar-refractivity contribution in [3.8, 4) is 0 Å². The molecule has 0 saturated carbocycles. The summed E-state index contributed by atoms with van der Waals surface area (Å²) in [6.45, 7) is 1.77. The number of benzene rings is 1. The van der Waals surface area contributed by atoms with E-state index in [1.807, 2.05) is 0 Å². The molecule has 1 aromatic carbocycles. The Morgan fingerprint density at radius 3 is 2.52 bits per heavy atom. The molecule has 0 spiro atoms. The Morgan fingerprint density at radius 1 is 1.33 bits per heavy atom. The van der Waals surface area contributed by atoms with Crippen molar-refractivity contribution in [1.29, 1.82) is 0 Å². The van der Waals surface area contributed by atoms with Crippen LogP contribution in [0.25, 0.3) is 0 Å². The quantitative estimate of drug-likeness (QED) is 0.634. The summed E-state index contributed by atoms with van der Waals surface area (Å²) >= 11 is 0. The van der Waals surface area contributed by atoms with E-state index in [-0.39, 0.29) is 18.4 Å². The van der Waals surface area contributed by atoms with Crippen molar-refractivity contribution >= 4 is 17.9 Å².